The van der Waals surface area contributed by atoms with Crippen LogP contribution in [-0.4, -0.2) is 7.11 Å². The first-order chi connectivity index (χ1) is 19.6. The lowest BCUT2D eigenvalue weighted by atomic mass is 9.92. The van der Waals surface area contributed by atoms with Crippen LogP contribution in [0.5, 0.6) is 5.75 Å². The molecule has 0 heterocycles. The maximum atomic E-state index is 15.4. The Morgan fingerprint density at radius 2 is 1.05 bits per heavy atom. The standard InChI is InChI=1S/C37H31O2P/c1-29(40(38,34-19-11-5-12-20-34)35-21-13-6-14-22-35)36(28-25-30-23-26-33(39-2)27-24-30)37(31-15-7-3-8-16-31)32-17-9-4-10-18-32/h3-28H,1H2,2H3/b28-25-. The van der Waals surface area contributed by atoms with Gasteiger partial charge in [0.2, 0.25) is 0 Å². The molecule has 0 bridgehead atoms. The van der Waals surface area contributed by atoms with Gasteiger partial charge in [0.15, 0.2) is 7.14 Å². The van der Waals surface area contributed by atoms with Crippen LogP contribution < -0.4 is 15.3 Å². The van der Waals surface area contributed by atoms with E-state index in [1.807, 2.05) is 127 Å². The maximum Gasteiger partial charge on any atom is 0.171 e. The van der Waals surface area contributed by atoms with Gasteiger partial charge in [0.25, 0.3) is 0 Å². The van der Waals surface area contributed by atoms with Crippen molar-refractivity contribution in [3.05, 3.63) is 186 Å². The summed E-state index contributed by atoms with van der Waals surface area (Å²) in [6, 6.07) is 47.8. The van der Waals surface area contributed by atoms with E-state index < -0.39 is 7.14 Å². The molecule has 0 amide bonds. The number of methoxy groups -OCH3 is 1. The SMILES string of the molecule is C=C(C(/C=C\c1ccc(OC)cc1)=C(c1ccccc1)c1ccccc1)P(=O)(c1ccccc1)c1ccccc1. The topological polar surface area (TPSA) is 26.3 Å². The molecule has 0 aromatic heterocycles. The van der Waals surface area contributed by atoms with Gasteiger partial charge < -0.3 is 9.30 Å². The van der Waals surface area contributed by atoms with Gasteiger partial charge in [0.05, 0.1) is 7.11 Å². The Morgan fingerprint density at radius 1 is 0.625 bits per heavy atom. The third kappa shape index (κ3) is 5.69. The predicted molar refractivity (Wildman–Crippen MR) is 170 cm³/mol. The number of allylic oxidation sites excluding steroid dienone is 3. The molecule has 0 aliphatic rings. The van der Waals surface area contributed by atoms with Gasteiger partial charge in [0.1, 0.15) is 5.75 Å². The van der Waals surface area contributed by atoms with Crippen molar-refractivity contribution < 1.29 is 9.30 Å². The van der Waals surface area contributed by atoms with E-state index in [0.717, 1.165) is 44.2 Å². The first-order valence-electron chi connectivity index (χ1n) is 13.2. The molecule has 0 saturated carbocycles. The van der Waals surface area contributed by atoms with Gasteiger partial charge in [-0.15, -0.1) is 0 Å². The van der Waals surface area contributed by atoms with Crippen molar-refractivity contribution in [1.29, 1.82) is 0 Å². The Kier molecular flexibility index (Phi) is 8.40. The lowest BCUT2D eigenvalue weighted by molar-refractivity contribution is 0.415. The highest BCUT2D eigenvalue weighted by molar-refractivity contribution is 7.82. The molecule has 0 unspecified atom stereocenters. The van der Waals surface area contributed by atoms with E-state index in [4.69, 9.17) is 4.74 Å². The molecule has 5 aromatic carbocycles. The molecule has 196 valence electrons. The smallest absolute Gasteiger partial charge is 0.171 e. The van der Waals surface area contributed by atoms with Crippen LogP contribution in [0.25, 0.3) is 11.6 Å². The Morgan fingerprint density at radius 3 is 1.48 bits per heavy atom. The van der Waals surface area contributed by atoms with Crippen LogP contribution in [-0.2, 0) is 4.57 Å². The van der Waals surface area contributed by atoms with Crippen molar-refractivity contribution in [2.45, 2.75) is 0 Å². The number of ether oxygens (including phenoxy) is 1. The fourth-order valence-electron chi connectivity index (χ4n) is 4.81. The molecule has 0 saturated heterocycles. The third-order valence-corrected chi connectivity index (χ3v) is 9.93. The summed E-state index contributed by atoms with van der Waals surface area (Å²) in [6.07, 6.45) is 4.10. The minimum Gasteiger partial charge on any atom is -0.497 e. The number of hydrogen-bond donors (Lipinski definition) is 0. The minimum atomic E-state index is -3.32. The lowest BCUT2D eigenvalue weighted by Gasteiger charge is -2.25. The molecular weight excluding hydrogens is 507 g/mol. The Hall–Kier alpha value is -4.65. The van der Waals surface area contributed by atoms with Crippen LogP contribution >= 0.6 is 7.14 Å². The summed E-state index contributed by atoms with van der Waals surface area (Å²) in [5.74, 6) is 0.796. The van der Waals surface area contributed by atoms with Crippen molar-refractivity contribution in [2.24, 2.45) is 0 Å². The monoisotopic (exact) mass is 538 g/mol. The fourth-order valence-corrected chi connectivity index (χ4v) is 7.44. The summed E-state index contributed by atoms with van der Waals surface area (Å²) in [7, 11) is -1.66. The van der Waals surface area contributed by atoms with E-state index >= 15 is 4.57 Å². The van der Waals surface area contributed by atoms with E-state index in [2.05, 4.69) is 36.9 Å². The van der Waals surface area contributed by atoms with E-state index in [9.17, 15) is 0 Å². The second kappa shape index (κ2) is 12.5. The number of rotatable bonds is 9. The zero-order valence-corrected chi connectivity index (χ0v) is 23.4. The molecule has 0 radical (unpaired) electrons. The average Bonchev–Trinajstić information content (AvgIpc) is 3.04. The van der Waals surface area contributed by atoms with E-state index in [1.54, 1.807) is 7.11 Å². The van der Waals surface area contributed by atoms with E-state index in [0.29, 0.717) is 5.31 Å². The average molecular weight is 539 g/mol. The third-order valence-electron chi connectivity index (χ3n) is 6.88. The molecule has 40 heavy (non-hydrogen) atoms. The molecule has 0 N–H and O–H groups in total. The van der Waals surface area contributed by atoms with Gasteiger partial charge in [-0.2, -0.15) is 0 Å². The second-order valence-corrected chi connectivity index (χ2v) is 12.1. The van der Waals surface area contributed by atoms with Crippen molar-refractivity contribution >= 4 is 29.4 Å². The lowest BCUT2D eigenvalue weighted by Crippen LogP contribution is -2.18. The summed E-state index contributed by atoms with van der Waals surface area (Å²) in [5.41, 5.74) is 4.85. The van der Waals surface area contributed by atoms with Gasteiger partial charge in [0, 0.05) is 15.9 Å². The van der Waals surface area contributed by atoms with Gasteiger partial charge >= 0.3 is 0 Å². The van der Waals surface area contributed by atoms with Crippen molar-refractivity contribution in [3.63, 3.8) is 0 Å². The Balaban J connectivity index is 1.80. The highest BCUT2D eigenvalue weighted by Crippen LogP contribution is 2.55. The summed E-state index contributed by atoms with van der Waals surface area (Å²) in [5, 5.41) is 2.08. The van der Waals surface area contributed by atoms with Gasteiger partial charge in [-0.3, -0.25) is 0 Å². The van der Waals surface area contributed by atoms with Gasteiger partial charge in [-0.25, -0.2) is 0 Å². The first-order valence-corrected chi connectivity index (χ1v) is 14.9. The number of hydrogen-bond acceptors (Lipinski definition) is 2. The molecule has 0 spiro atoms. The highest BCUT2D eigenvalue weighted by Gasteiger charge is 2.33. The quantitative estimate of drug-likeness (QED) is 0.139. The van der Waals surface area contributed by atoms with Crippen LogP contribution in [0, 0.1) is 0 Å². The Labute approximate surface area is 237 Å². The summed E-state index contributed by atoms with van der Waals surface area (Å²) >= 11 is 0. The number of benzene rings is 5. The van der Waals surface area contributed by atoms with Crippen LogP contribution in [0.1, 0.15) is 16.7 Å². The zero-order valence-electron chi connectivity index (χ0n) is 22.5. The maximum absolute atomic E-state index is 15.4. The normalized spacial score (nSPS) is 11.2. The zero-order chi connectivity index (χ0) is 27.8. The van der Waals surface area contributed by atoms with Crippen molar-refractivity contribution in [1.82, 2.24) is 0 Å². The van der Waals surface area contributed by atoms with Crippen LogP contribution in [0.4, 0.5) is 0 Å². The van der Waals surface area contributed by atoms with Crippen molar-refractivity contribution in [2.75, 3.05) is 7.11 Å². The summed E-state index contributed by atoms with van der Waals surface area (Å²) in [6.45, 7) is 4.60. The van der Waals surface area contributed by atoms with E-state index in [1.165, 1.54) is 0 Å². The molecule has 0 atom stereocenters. The molecule has 0 fully saturated rings. The molecule has 5 rings (SSSR count). The van der Waals surface area contributed by atoms with Crippen molar-refractivity contribution in [3.8, 4) is 5.75 Å². The molecule has 0 aliphatic heterocycles. The fraction of sp³-hybridized carbons (Fsp3) is 0.0270. The Bertz CT molecular complexity index is 1580. The van der Waals surface area contributed by atoms with Crippen LogP contribution in [0.2, 0.25) is 0 Å². The van der Waals surface area contributed by atoms with Crippen LogP contribution in [0.15, 0.2) is 169 Å². The van der Waals surface area contributed by atoms with Crippen LogP contribution in [0.3, 0.4) is 0 Å². The predicted octanol–water partition coefficient (Wildman–Crippen LogP) is 8.74. The highest BCUT2D eigenvalue weighted by atomic mass is 31.2. The van der Waals surface area contributed by atoms with Gasteiger partial charge in [-0.05, 0) is 40.0 Å². The van der Waals surface area contributed by atoms with Gasteiger partial charge in [-0.1, -0.05) is 152 Å². The summed E-state index contributed by atoms with van der Waals surface area (Å²) < 4.78 is 20.8. The molecule has 0 aliphatic carbocycles. The molecule has 3 heteroatoms. The molecule has 5 aromatic rings. The largest absolute Gasteiger partial charge is 0.497 e. The summed E-state index contributed by atoms with van der Waals surface area (Å²) in [4.78, 5) is 0. The second-order valence-electron chi connectivity index (χ2n) is 9.35. The first kappa shape index (κ1) is 26.9. The van der Waals surface area contributed by atoms with E-state index in [-0.39, 0.29) is 0 Å². The molecular formula is C37H31O2P. The molecule has 2 nitrogen and oxygen atoms in total. The minimum absolute atomic E-state index is 0.581.